The second-order valence-electron chi connectivity index (χ2n) is 8.23. The van der Waals surface area contributed by atoms with Crippen molar-refractivity contribution >= 4 is 33.6 Å². The fourth-order valence-electron chi connectivity index (χ4n) is 3.51. The minimum Gasteiger partial charge on any atom is -0.481 e. The van der Waals surface area contributed by atoms with Gasteiger partial charge < -0.3 is 14.8 Å². The lowest BCUT2D eigenvalue weighted by Gasteiger charge is -2.22. The minimum absolute atomic E-state index is 0.138. The molecule has 2 atom stereocenters. The van der Waals surface area contributed by atoms with Crippen molar-refractivity contribution in [1.29, 1.82) is 0 Å². The molecule has 0 aliphatic carbocycles. The molecule has 1 amide bonds. The van der Waals surface area contributed by atoms with Gasteiger partial charge >= 0.3 is 11.9 Å². The van der Waals surface area contributed by atoms with Gasteiger partial charge in [0.2, 0.25) is 0 Å². The van der Waals surface area contributed by atoms with E-state index < -0.39 is 46.4 Å². The van der Waals surface area contributed by atoms with Gasteiger partial charge in [0.1, 0.15) is 11.6 Å². The Bertz CT molecular complexity index is 1340. The van der Waals surface area contributed by atoms with E-state index in [9.17, 15) is 27.5 Å². The Hall–Kier alpha value is -3.28. The van der Waals surface area contributed by atoms with Gasteiger partial charge in [-0.15, -0.1) is 0 Å². The third kappa shape index (κ3) is 7.87. The molecule has 36 heavy (non-hydrogen) atoms. The van der Waals surface area contributed by atoms with Crippen LogP contribution in [0.2, 0.25) is 5.02 Å². The van der Waals surface area contributed by atoms with Crippen molar-refractivity contribution in [3.05, 3.63) is 76.7 Å². The van der Waals surface area contributed by atoms with E-state index in [1.165, 1.54) is 24.4 Å². The van der Waals surface area contributed by atoms with Crippen LogP contribution < -0.4 is 5.32 Å². The van der Waals surface area contributed by atoms with E-state index in [0.29, 0.717) is 27.5 Å². The second-order valence-corrected chi connectivity index (χ2v) is 10.3. The van der Waals surface area contributed by atoms with Crippen LogP contribution in [-0.4, -0.2) is 49.3 Å². The van der Waals surface area contributed by atoms with Crippen molar-refractivity contribution in [3.8, 4) is 11.1 Å². The molecule has 3 rings (SSSR count). The number of aliphatic carboxylic acids is 1. The maximum atomic E-state index is 14.2. The Morgan fingerprint density at radius 3 is 2.50 bits per heavy atom. The number of amides is 1. The van der Waals surface area contributed by atoms with Crippen molar-refractivity contribution in [2.24, 2.45) is 5.92 Å². The summed E-state index contributed by atoms with van der Waals surface area (Å²) < 4.78 is 46.8. The van der Waals surface area contributed by atoms with E-state index >= 15 is 0 Å². The number of nitrogens with zero attached hydrogens (tertiary/aromatic N) is 1. The molecule has 1 unspecified atom stereocenters. The van der Waals surface area contributed by atoms with Gasteiger partial charge in [-0.1, -0.05) is 35.9 Å². The first-order valence-corrected chi connectivity index (χ1v) is 13.0. The number of hydrogen-bond acceptors (Lipinski definition) is 7. The predicted molar refractivity (Wildman–Crippen MR) is 130 cm³/mol. The topological polar surface area (TPSA) is 136 Å². The third-order valence-corrected chi connectivity index (χ3v) is 6.03. The first kappa shape index (κ1) is 27.3. The number of hydrogen-bond donors (Lipinski definition) is 2. The minimum atomic E-state index is -3.86. The molecular formula is C24H24ClFN2O7S. The van der Waals surface area contributed by atoms with Crippen LogP contribution in [0.15, 0.2) is 53.1 Å². The zero-order valence-corrected chi connectivity index (χ0v) is 21.0. The predicted octanol–water partition coefficient (Wildman–Crippen LogP) is 3.85. The molecule has 0 spiro atoms. The van der Waals surface area contributed by atoms with E-state index in [0.717, 1.165) is 6.26 Å². The number of carbonyl (C=O) groups excluding carboxylic acids is 1. The lowest BCUT2D eigenvalue weighted by atomic mass is 9.94. The average Bonchev–Trinajstić information content (AvgIpc) is 3.24. The molecule has 0 aliphatic rings. The number of oxazole rings is 1. The number of nitrogens with one attached hydrogen (secondary N) is 1. The van der Waals surface area contributed by atoms with Crippen molar-refractivity contribution in [2.45, 2.75) is 25.8 Å². The van der Waals surface area contributed by atoms with Crippen LogP contribution in [0.4, 0.5) is 4.39 Å². The highest BCUT2D eigenvalue weighted by molar-refractivity contribution is 7.85. The number of benzene rings is 2. The molecule has 0 radical (unpaired) electrons. The summed E-state index contributed by atoms with van der Waals surface area (Å²) in [7, 11) is -3.86. The maximum Gasteiger partial charge on any atom is 0.308 e. The van der Waals surface area contributed by atoms with Crippen LogP contribution in [0.25, 0.3) is 11.1 Å². The first-order chi connectivity index (χ1) is 16.9. The molecule has 0 aliphatic heterocycles. The zero-order chi connectivity index (χ0) is 26.5. The lowest BCUT2D eigenvalue weighted by Crippen LogP contribution is -2.40. The summed E-state index contributed by atoms with van der Waals surface area (Å²) in [5.41, 5.74) is 1.62. The van der Waals surface area contributed by atoms with Gasteiger partial charge in [-0.25, -0.2) is 9.37 Å². The fraction of sp³-hybridized carbons (Fsp3) is 0.292. The summed E-state index contributed by atoms with van der Waals surface area (Å²) >= 11 is 5.98. The molecular weight excluding hydrogens is 515 g/mol. The summed E-state index contributed by atoms with van der Waals surface area (Å²) in [4.78, 5) is 28.3. The number of aromatic nitrogens is 1. The first-order valence-electron chi connectivity index (χ1n) is 10.8. The molecule has 0 saturated heterocycles. The molecule has 2 N–H and O–H groups in total. The SMILES string of the molecule is Cc1cnc(C(=O)N[C@H](Cc2ccc(-c3cc(Cl)ccc3F)cc2)CC(COS(C)(=O)=O)C(=O)O)o1. The van der Waals surface area contributed by atoms with Crippen LogP contribution in [-0.2, 0) is 25.5 Å². The highest BCUT2D eigenvalue weighted by Crippen LogP contribution is 2.27. The summed E-state index contributed by atoms with van der Waals surface area (Å²) in [6.07, 6.45) is 2.24. The standard InChI is InChI=1S/C24H24ClFN2O7S/c1-14-12-27-23(35-14)22(29)28-19(10-17(24(30)31)13-34-36(2,32)33)9-15-3-5-16(6-4-15)20-11-18(25)7-8-21(20)26/h3-8,11-12,17,19H,9-10,13H2,1-2H3,(H,28,29)(H,30,31)/t17?,19-/m1/s1. The van der Waals surface area contributed by atoms with Crippen LogP contribution in [0.3, 0.4) is 0 Å². The molecule has 3 aromatic rings. The lowest BCUT2D eigenvalue weighted by molar-refractivity contribution is -0.143. The van der Waals surface area contributed by atoms with Crippen molar-refractivity contribution in [1.82, 2.24) is 10.3 Å². The highest BCUT2D eigenvalue weighted by Gasteiger charge is 2.27. The van der Waals surface area contributed by atoms with Gasteiger partial charge in [0.25, 0.3) is 16.0 Å². The Kier molecular flexibility index (Phi) is 8.83. The molecule has 1 aromatic heterocycles. The van der Waals surface area contributed by atoms with Crippen LogP contribution in [0.1, 0.15) is 28.4 Å². The number of carboxylic acid groups (broad SMARTS) is 1. The summed E-state index contributed by atoms with van der Waals surface area (Å²) in [6, 6.07) is 10.3. The van der Waals surface area contributed by atoms with E-state index in [4.69, 9.17) is 16.0 Å². The zero-order valence-electron chi connectivity index (χ0n) is 19.4. The van der Waals surface area contributed by atoms with E-state index in [1.54, 1.807) is 31.2 Å². The van der Waals surface area contributed by atoms with Crippen molar-refractivity contribution in [2.75, 3.05) is 12.9 Å². The largest absolute Gasteiger partial charge is 0.481 e. The summed E-state index contributed by atoms with van der Waals surface area (Å²) in [5, 5.41) is 12.7. The molecule has 9 nitrogen and oxygen atoms in total. The van der Waals surface area contributed by atoms with E-state index in [2.05, 4.69) is 14.5 Å². The summed E-state index contributed by atoms with van der Waals surface area (Å²) in [6.45, 7) is 1.03. The van der Waals surface area contributed by atoms with Crippen molar-refractivity contribution in [3.63, 3.8) is 0 Å². The van der Waals surface area contributed by atoms with Gasteiger partial charge in [0.15, 0.2) is 0 Å². The molecule has 2 aromatic carbocycles. The molecule has 192 valence electrons. The molecule has 0 saturated carbocycles. The Balaban J connectivity index is 1.82. The van der Waals surface area contributed by atoms with Crippen LogP contribution in [0, 0.1) is 18.7 Å². The number of carboxylic acids is 1. The Morgan fingerprint density at radius 2 is 1.92 bits per heavy atom. The van der Waals surface area contributed by atoms with Gasteiger partial charge in [0.05, 0.1) is 25.0 Å². The maximum absolute atomic E-state index is 14.2. The highest BCUT2D eigenvalue weighted by atomic mass is 35.5. The molecule has 0 fully saturated rings. The average molecular weight is 539 g/mol. The Labute approximate surface area is 212 Å². The van der Waals surface area contributed by atoms with Crippen LogP contribution in [0.5, 0.6) is 0 Å². The van der Waals surface area contributed by atoms with E-state index in [1.807, 2.05) is 0 Å². The summed E-state index contributed by atoms with van der Waals surface area (Å²) in [5.74, 6) is -3.37. The van der Waals surface area contributed by atoms with Gasteiger partial charge in [-0.05, 0) is 49.1 Å². The van der Waals surface area contributed by atoms with E-state index in [-0.39, 0.29) is 18.7 Å². The fourth-order valence-corrected chi connectivity index (χ4v) is 4.10. The van der Waals surface area contributed by atoms with Crippen molar-refractivity contribution < 1.29 is 36.1 Å². The monoisotopic (exact) mass is 538 g/mol. The molecule has 1 heterocycles. The van der Waals surface area contributed by atoms with Gasteiger partial charge in [-0.3, -0.25) is 13.8 Å². The van der Waals surface area contributed by atoms with Crippen LogP contribution >= 0.6 is 11.6 Å². The number of rotatable bonds is 11. The third-order valence-electron chi connectivity index (χ3n) is 5.23. The number of aryl methyl sites for hydroxylation is 1. The normalized spacial score (nSPS) is 13.2. The molecule has 0 bridgehead atoms. The quantitative estimate of drug-likeness (QED) is 0.351. The number of halogens is 2. The number of carbonyl (C=O) groups is 2. The molecule has 12 heteroatoms. The smallest absolute Gasteiger partial charge is 0.308 e. The Morgan fingerprint density at radius 1 is 1.22 bits per heavy atom. The second kappa shape index (κ2) is 11.6. The van der Waals surface area contributed by atoms with Gasteiger partial charge in [0, 0.05) is 16.6 Å². The van der Waals surface area contributed by atoms with Gasteiger partial charge in [-0.2, -0.15) is 8.42 Å².